The van der Waals surface area contributed by atoms with Gasteiger partial charge in [-0.3, -0.25) is 0 Å². The third kappa shape index (κ3) is 9.20. The third-order valence-electron chi connectivity index (χ3n) is 12.4. The van der Waals surface area contributed by atoms with E-state index in [0.717, 1.165) is 71.5 Å². The molecule has 4 aromatic carbocycles. The highest BCUT2D eigenvalue weighted by Gasteiger charge is 2.31. The molecule has 0 saturated heterocycles. The predicted octanol–water partition coefficient (Wildman–Crippen LogP) is 11.0. The molecule has 8 aromatic rings. The van der Waals surface area contributed by atoms with Gasteiger partial charge >= 0.3 is 0 Å². The van der Waals surface area contributed by atoms with Crippen molar-refractivity contribution < 1.29 is 9.47 Å². The first-order valence-electron chi connectivity index (χ1n) is 22.7. The number of benzene rings is 4. The van der Waals surface area contributed by atoms with E-state index in [1.807, 2.05) is 69.8 Å². The molecule has 8 bridgehead atoms. The van der Waals surface area contributed by atoms with Crippen LogP contribution in [0.4, 0.5) is 34.9 Å². The van der Waals surface area contributed by atoms with Gasteiger partial charge in [-0.05, 0) is 73.2 Å². The highest BCUT2D eigenvalue weighted by molar-refractivity contribution is 6.29. The van der Waals surface area contributed by atoms with E-state index in [1.54, 1.807) is 25.0 Å². The Balaban J connectivity index is 0.000000149. The average molecular weight is 942 g/mol. The molecule has 2 atom stereocenters. The molecule has 68 heavy (non-hydrogen) atoms. The molecular weight excluding hydrogens is 896 g/mol. The van der Waals surface area contributed by atoms with Gasteiger partial charge in [-0.1, -0.05) is 96.0 Å². The topological polar surface area (TPSA) is 154 Å². The minimum absolute atomic E-state index is 0.263. The Morgan fingerprint density at radius 2 is 0.985 bits per heavy atom. The lowest BCUT2D eigenvalue weighted by Gasteiger charge is -2.16. The van der Waals surface area contributed by atoms with Gasteiger partial charge in [0.25, 0.3) is 0 Å². The molecule has 14 nitrogen and oxygen atoms in total. The highest BCUT2D eigenvalue weighted by Crippen LogP contribution is 2.42. The number of nitrogens with zero attached hydrogens (tertiary/aromatic N) is 8. The van der Waals surface area contributed by atoms with E-state index in [2.05, 4.69) is 91.9 Å². The number of hydrogen-bond acceptors (Lipinski definition) is 12. The maximum absolute atomic E-state index is 6.08. The highest BCUT2D eigenvalue weighted by atomic mass is 35.5. The molecule has 4 aromatic heterocycles. The summed E-state index contributed by atoms with van der Waals surface area (Å²) in [7, 11) is 0. The normalized spacial score (nSPS) is 17.7. The second kappa shape index (κ2) is 19.3. The van der Waals surface area contributed by atoms with Crippen LogP contribution < -0.4 is 30.7 Å². The standard InChI is InChI=1S/2C26H23ClN6O/c2*27-23-15-33(16-29-23)21-11-8-18-14-22(21)34-13-5-4-12-28-25-20-10-9-19(17-6-2-1-3-7-17)24(20)31-26(30-18)32-25/h2*1-8,11,14-16,19H,9-10,12-13H2,(H2,28,30,31,32)/b5-4+;5-4-. The average Bonchev–Trinajstić information content (AvgIpc) is 4.19. The quantitative estimate of drug-likeness (QED) is 0.124. The van der Waals surface area contributed by atoms with Crippen LogP contribution in [0.15, 0.2) is 146 Å². The van der Waals surface area contributed by atoms with Gasteiger partial charge in [0.15, 0.2) is 0 Å². The first-order chi connectivity index (χ1) is 33.5. The Morgan fingerprint density at radius 1 is 0.529 bits per heavy atom. The number of ether oxygens (including phenoxy) is 2. The largest absolute Gasteiger partial charge is 0.487 e. The van der Waals surface area contributed by atoms with Crippen LogP contribution in [0.2, 0.25) is 10.3 Å². The Hall–Kier alpha value is -7.68. The predicted molar refractivity (Wildman–Crippen MR) is 267 cm³/mol. The molecule has 6 heterocycles. The molecule has 0 spiro atoms. The number of aromatic nitrogens is 8. The summed E-state index contributed by atoms with van der Waals surface area (Å²) in [5, 5.41) is 14.6. The zero-order valence-electron chi connectivity index (χ0n) is 36.8. The van der Waals surface area contributed by atoms with Crippen LogP contribution in [0.1, 0.15) is 58.3 Å². The first kappa shape index (κ1) is 42.9. The number of nitrogens with one attached hydrogen (secondary N) is 4. The molecule has 0 amide bonds. The first-order valence-corrected chi connectivity index (χ1v) is 23.4. The summed E-state index contributed by atoms with van der Waals surface area (Å²) in [4.78, 5) is 27.9. The van der Waals surface area contributed by atoms with E-state index in [-0.39, 0.29) is 11.8 Å². The van der Waals surface area contributed by atoms with Crippen molar-refractivity contribution in [2.45, 2.75) is 37.5 Å². The monoisotopic (exact) mass is 940 g/mol. The van der Waals surface area contributed by atoms with Crippen molar-refractivity contribution in [1.29, 1.82) is 0 Å². The van der Waals surface area contributed by atoms with E-state index in [1.165, 1.54) is 22.3 Å². The van der Waals surface area contributed by atoms with Gasteiger partial charge < -0.3 is 39.9 Å². The van der Waals surface area contributed by atoms with Crippen LogP contribution in [-0.2, 0) is 12.8 Å². The molecule has 0 saturated carbocycles. The SMILES string of the molecule is Clc1cn(-c2ccc3cc2OC/C=C/CNc2nc(nc4c2CCC4c2ccccc2)N3)cn1.Clc1cn(-c2ccc3cc2OC/C=C\CNc2nc(nc4c2CCC4c2ccccc2)N3)cn1. The van der Waals surface area contributed by atoms with Crippen molar-refractivity contribution in [2.75, 3.05) is 47.6 Å². The van der Waals surface area contributed by atoms with Crippen LogP contribution in [-0.4, -0.2) is 65.3 Å². The third-order valence-corrected chi connectivity index (χ3v) is 12.8. The summed E-state index contributed by atoms with van der Waals surface area (Å²) in [6, 6.07) is 33.0. The Kier molecular flexibility index (Phi) is 12.2. The number of fused-ring (bicyclic) bond motifs is 12. The molecule has 2 unspecified atom stereocenters. The van der Waals surface area contributed by atoms with Crippen molar-refractivity contribution >= 4 is 58.1 Å². The zero-order valence-corrected chi connectivity index (χ0v) is 38.3. The van der Waals surface area contributed by atoms with Crippen molar-refractivity contribution in [1.82, 2.24) is 39.0 Å². The molecule has 16 heteroatoms. The van der Waals surface area contributed by atoms with Gasteiger partial charge in [-0.25, -0.2) is 19.9 Å². The van der Waals surface area contributed by atoms with E-state index in [0.29, 0.717) is 60.0 Å². The second-order valence-electron chi connectivity index (χ2n) is 16.7. The van der Waals surface area contributed by atoms with Gasteiger partial charge in [0.05, 0.1) is 22.8 Å². The molecule has 0 radical (unpaired) electrons. The van der Waals surface area contributed by atoms with Gasteiger partial charge in [0.2, 0.25) is 11.9 Å². The summed E-state index contributed by atoms with van der Waals surface area (Å²) in [5.41, 5.74) is 10.5. The summed E-state index contributed by atoms with van der Waals surface area (Å²) >= 11 is 12.1. The van der Waals surface area contributed by atoms with E-state index >= 15 is 0 Å². The summed E-state index contributed by atoms with van der Waals surface area (Å²) in [6.45, 7) is 2.20. The summed E-state index contributed by atoms with van der Waals surface area (Å²) in [5.74, 6) is 4.85. The van der Waals surface area contributed by atoms with E-state index < -0.39 is 0 Å². The van der Waals surface area contributed by atoms with Gasteiger partial charge in [-0.15, -0.1) is 0 Å². The number of anilines is 6. The molecule has 12 rings (SSSR count). The molecular formula is C52H46Cl2N12O2. The number of halogens is 2. The number of hydrogen-bond donors (Lipinski definition) is 4. The number of imidazole rings is 2. The maximum atomic E-state index is 6.08. The van der Waals surface area contributed by atoms with Crippen LogP contribution in [0.5, 0.6) is 11.5 Å². The number of rotatable bonds is 4. The van der Waals surface area contributed by atoms with Crippen molar-refractivity contribution in [3.63, 3.8) is 0 Å². The fraction of sp³-hybridized carbons (Fsp3) is 0.192. The Morgan fingerprint density at radius 3 is 1.41 bits per heavy atom. The lowest BCUT2D eigenvalue weighted by Crippen LogP contribution is -2.10. The minimum Gasteiger partial charge on any atom is -0.487 e. The molecule has 4 N–H and O–H groups in total. The van der Waals surface area contributed by atoms with Crippen LogP contribution in [0.3, 0.4) is 0 Å². The van der Waals surface area contributed by atoms with Crippen LogP contribution in [0, 0.1) is 0 Å². The fourth-order valence-electron chi connectivity index (χ4n) is 9.20. The lowest BCUT2D eigenvalue weighted by atomic mass is 9.97. The lowest BCUT2D eigenvalue weighted by molar-refractivity contribution is 0.361. The maximum Gasteiger partial charge on any atom is 0.229 e. The van der Waals surface area contributed by atoms with E-state index in [4.69, 9.17) is 52.6 Å². The van der Waals surface area contributed by atoms with Crippen LogP contribution >= 0.6 is 23.2 Å². The molecule has 2 aliphatic heterocycles. The Labute approximate surface area is 403 Å². The zero-order chi connectivity index (χ0) is 45.8. The van der Waals surface area contributed by atoms with E-state index in [9.17, 15) is 0 Å². The molecule has 2 aliphatic carbocycles. The smallest absolute Gasteiger partial charge is 0.229 e. The van der Waals surface area contributed by atoms with Gasteiger partial charge in [0, 0.05) is 72.0 Å². The summed E-state index contributed by atoms with van der Waals surface area (Å²) < 4.78 is 15.9. The Bertz CT molecular complexity index is 2950. The van der Waals surface area contributed by atoms with Gasteiger partial charge in [0.1, 0.15) is 59.3 Å². The molecule has 4 aliphatic rings. The van der Waals surface area contributed by atoms with Crippen molar-refractivity contribution in [2.24, 2.45) is 0 Å². The van der Waals surface area contributed by atoms with Gasteiger partial charge in [-0.2, -0.15) is 9.97 Å². The van der Waals surface area contributed by atoms with Crippen molar-refractivity contribution in [3.05, 3.63) is 190 Å². The van der Waals surface area contributed by atoms with Crippen LogP contribution in [0.25, 0.3) is 11.4 Å². The summed E-state index contributed by atoms with van der Waals surface area (Å²) in [6.07, 6.45) is 18.9. The second-order valence-corrected chi connectivity index (χ2v) is 17.4. The van der Waals surface area contributed by atoms with Crippen molar-refractivity contribution in [3.8, 4) is 22.9 Å². The fourth-order valence-corrected chi connectivity index (χ4v) is 9.49. The molecule has 0 fully saturated rings. The molecule has 340 valence electrons. The minimum atomic E-state index is 0.263.